The summed E-state index contributed by atoms with van der Waals surface area (Å²) < 4.78 is 0. The summed E-state index contributed by atoms with van der Waals surface area (Å²) in [6.07, 6.45) is 6.36. The number of aryl methyl sites for hydroxylation is 1. The highest BCUT2D eigenvalue weighted by Gasteiger charge is 2.29. The van der Waals surface area contributed by atoms with Gasteiger partial charge in [-0.25, -0.2) is 0 Å². The monoisotopic (exact) mass is 246 g/mol. The van der Waals surface area contributed by atoms with Crippen molar-refractivity contribution < 1.29 is 4.79 Å². The Hall–Kier alpha value is -1.22. The predicted octanol–water partition coefficient (Wildman–Crippen LogP) is 2.45. The van der Waals surface area contributed by atoms with Crippen molar-refractivity contribution in [3.63, 3.8) is 0 Å². The molecule has 1 heterocycles. The van der Waals surface area contributed by atoms with Crippen molar-refractivity contribution in [2.45, 2.75) is 44.9 Å². The number of aromatic nitrogens is 1. The summed E-state index contributed by atoms with van der Waals surface area (Å²) in [5.41, 5.74) is 7.80. The summed E-state index contributed by atoms with van der Waals surface area (Å²) >= 11 is 0. The molecule has 0 spiro atoms. The molecule has 1 aromatic heterocycles. The molecule has 1 aromatic rings. The summed E-state index contributed by atoms with van der Waals surface area (Å²) in [5, 5.41) is 0. The molecule has 98 valence electrons. The number of fused-ring (bicyclic) bond motifs is 1. The van der Waals surface area contributed by atoms with Gasteiger partial charge in [0.15, 0.2) is 0 Å². The highest BCUT2D eigenvalue weighted by molar-refractivity contribution is 5.86. The molecule has 0 aliphatic heterocycles. The molecule has 1 aliphatic carbocycles. The van der Waals surface area contributed by atoms with Crippen LogP contribution >= 0.6 is 0 Å². The van der Waals surface area contributed by atoms with Gasteiger partial charge in [0.2, 0.25) is 0 Å². The number of nitrogens with two attached hydrogens (primary N) is 1. The molecule has 0 amide bonds. The van der Waals surface area contributed by atoms with E-state index in [9.17, 15) is 4.79 Å². The molecule has 2 rings (SSSR count). The third-order valence-electron chi connectivity index (χ3n) is 3.89. The summed E-state index contributed by atoms with van der Waals surface area (Å²) in [4.78, 5) is 16.6. The zero-order chi connectivity index (χ0) is 13.0. The number of carbonyl (C=O) groups is 1. The number of carbonyl (C=O) groups excluding carboxylic acids is 1. The van der Waals surface area contributed by atoms with Gasteiger partial charge in [-0.1, -0.05) is 13.0 Å². The van der Waals surface area contributed by atoms with Crippen LogP contribution in [0, 0.1) is 5.92 Å². The lowest BCUT2D eigenvalue weighted by Gasteiger charge is -2.12. The van der Waals surface area contributed by atoms with Crippen molar-refractivity contribution in [2.24, 2.45) is 11.7 Å². The zero-order valence-electron chi connectivity index (χ0n) is 11.1. The van der Waals surface area contributed by atoms with Crippen molar-refractivity contribution in [3.05, 3.63) is 29.6 Å². The zero-order valence-corrected chi connectivity index (χ0v) is 11.1. The van der Waals surface area contributed by atoms with E-state index in [1.165, 1.54) is 5.56 Å². The fourth-order valence-corrected chi connectivity index (χ4v) is 2.72. The second kappa shape index (κ2) is 6.10. The van der Waals surface area contributed by atoms with Gasteiger partial charge < -0.3 is 5.73 Å². The Bertz CT molecular complexity index is 417. The highest BCUT2D eigenvalue weighted by Crippen LogP contribution is 2.33. The van der Waals surface area contributed by atoms with Crippen LogP contribution in [0.3, 0.4) is 0 Å². The van der Waals surface area contributed by atoms with Gasteiger partial charge in [-0.05, 0) is 49.8 Å². The molecule has 0 saturated carbocycles. The maximum Gasteiger partial charge on any atom is 0.141 e. The summed E-state index contributed by atoms with van der Waals surface area (Å²) in [7, 11) is 0. The fourth-order valence-electron chi connectivity index (χ4n) is 2.72. The minimum absolute atomic E-state index is 0.0475. The van der Waals surface area contributed by atoms with Gasteiger partial charge in [0.25, 0.3) is 0 Å². The summed E-state index contributed by atoms with van der Waals surface area (Å²) in [6.45, 7) is 2.88. The van der Waals surface area contributed by atoms with Crippen LogP contribution in [0.5, 0.6) is 0 Å². The summed E-state index contributed by atoms with van der Waals surface area (Å²) in [6, 6.07) is 4.04. The minimum atomic E-state index is 0.0475. The van der Waals surface area contributed by atoms with Crippen LogP contribution in [0.4, 0.5) is 0 Å². The SMILES string of the molecule is CC(CCN)CCC(=O)C1CCc2cccnc21. The van der Waals surface area contributed by atoms with E-state index in [1.54, 1.807) is 6.20 Å². The predicted molar refractivity (Wildman–Crippen MR) is 72.4 cm³/mol. The topological polar surface area (TPSA) is 56.0 Å². The molecule has 0 aromatic carbocycles. The third kappa shape index (κ3) is 2.96. The van der Waals surface area contributed by atoms with Crippen LogP contribution in [0.2, 0.25) is 0 Å². The first-order chi connectivity index (χ1) is 8.72. The smallest absolute Gasteiger partial charge is 0.141 e. The Balaban J connectivity index is 1.91. The molecule has 2 unspecified atom stereocenters. The number of hydrogen-bond acceptors (Lipinski definition) is 3. The van der Waals surface area contributed by atoms with Crippen molar-refractivity contribution in [1.29, 1.82) is 0 Å². The van der Waals surface area contributed by atoms with Gasteiger partial charge >= 0.3 is 0 Å². The molecule has 0 bridgehead atoms. The van der Waals surface area contributed by atoms with Gasteiger partial charge in [-0.15, -0.1) is 0 Å². The van der Waals surface area contributed by atoms with E-state index >= 15 is 0 Å². The minimum Gasteiger partial charge on any atom is -0.330 e. The number of pyridine rings is 1. The molecule has 2 N–H and O–H groups in total. The second-order valence-electron chi connectivity index (χ2n) is 5.33. The lowest BCUT2D eigenvalue weighted by molar-refractivity contribution is -0.120. The van der Waals surface area contributed by atoms with E-state index in [-0.39, 0.29) is 5.92 Å². The van der Waals surface area contributed by atoms with E-state index in [1.807, 2.05) is 6.07 Å². The Morgan fingerprint density at radius 2 is 2.39 bits per heavy atom. The Morgan fingerprint density at radius 3 is 3.17 bits per heavy atom. The fraction of sp³-hybridized carbons (Fsp3) is 0.600. The van der Waals surface area contributed by atoms with E-state index in [2.05, 4.69) is 18.0 Å². The number of nitrogens with zero attached hydrogens (tertiary/aromatic N) is 1. The standard InChI is InChI=1S/C15H22N2O/c1-11(8-9-16)4-7-14(18)13-6-5-12-3-2-10-17-15(12)13/h2-3,10-11,13H,4-9,16H2,1H3. The van der Waals surface area contributed by atoms with Gasteiger partial charge in [0, 0.05) is 12.6 Å². The molecular weight excluding hydrogens is 224 g/mol. The lowest BCUT2D eigenvalue weighted by atomic mass is 9.93. The van der Waals surface area contributed by atoms with E-state index in [0.717, 1.165) is 31.4 Å². The van der Waals surface area contributed by atoms with Gasteiger partial charge in [0.1, 0.15) is 5.78 Å². The molecule has 0 saturated heterocycles. The lowest BCUT2D eigenvalue weighted by Crippen LogP contribution is -2.13. The largest absolute Gasteiger partial charge is 0.330 e. The molecule has 2 atom stereocenters. The van der Waals surface area contributed by atoms with Gasteiger partial charge in [0.05, 0.1) is 11.6 Å². The van der Waals surface area contributed by atoms with Crippen LogP contribution in [0.1, 0.15) is 49.8 Å². The van der Waals surface area contributed by atoms with Gasteiger partial charge in [-0.3, -0.25) is 9.78 Å². The van der Waals surface area contributed by atoms with Crippen LogP contribution in [-0.4, -0.2) is 17.3 Å². The van der Waals surface area contributed by atoms with Crippen LogP contribution in [0.25, 0.3) is 0 Å². The first-order valence-electron chi connectivity index (χ1n) is 6.89. The average molecular weight is 246 g/mol. The molecule has 3 nitrogen and oxygen atoms in total. The molecule has 1 aliphatic rings. The Morgan fingerprint density at radius 1 is 1.56 bits per heavy atom. The van der Waals surface area contributed by atoms with Crippen molar-refractivity contribution in [3.8, 4) is 0 Å². The third-order valence-corrected chi connectivity index (χ3v) is 3.89. The molecule has 18 heavy (non-hydrogen) atoms. The van der Waals surface area contributed by atoms with Crippen molar-refractivity contribution >= 4 is 5.78 Å². The van der Waals surface area contributed by atoms with Crippen molar-refractivity contribution in [2.75, 3.05) is 6.54 Å². The summed E-state index contributed by atoms with van der Waals surface area (Å²) in [5.74, 6) is 0.950. The maximum atomic E-state index is 12.2. The Kier molecular flexibility index (Phi) is 4.48. The number of ketones is 1. The number of rotatable bonds is 6. The number of hydrogen-bond donors (Lipinski definition) is 1. The molecule has 0 radical (unpaired) electrons. The Labute approximate surface area is 109 Å². The second-order valence-corrected chi connectivity index (χ2v) is 5.33. The van der Waals surface area contributed by atoms with E-state index in [4.69, 9.17) is 5.73 Å². The average Bonchev–Trinajstić information content (AvgIpc) is 2.80. The maximum absolute atomic E-state index is 12.2. The van der Waals surface area contributed by atoms with E-state index < -0.39 is 0 Å². The first kappa shape index (κ1) is 13.2. The van der Waals surface area contributed by atoms with Gasteiger partial charge in [-0.2, -0.15) is 0 Å². The number of Topliss-reactive ketones (excluding diaryl/α,β-unsaturated/α-hetero) is 1. The molecule has 0 fully saturated rings. The molecule has 3 heteroatoms. The molecular formula is C15H22N2O. The van der Waals surface area contributed by atoms with Crippen LogP contribution in [0.15, 0.2) is 18.3 Å². The van der Waals surface area contributed by atoms with Crippen molar-refractivity contribution in [1.82, 2.24) is 4.98 Å². The first-order valence-corrected chi connectivity index (χ1v) is 6.89. The highest BCUT2D eigenvalue weighted by atomic mass is 16.1. The van der Waals surface area contributed by atoms with E-state index in [0.29, 0.717) is 24.7 Å². The van der Waals surface area contributed by atoms with Crippen LogP contribution in [-0.2, 0) is 11.2 Å². The van der Waals surface area contributed by atoms with Crippen LogP contribution < -0.4 is 5.73 Å². The normalized spacial score (nSPS) is 19.6. The quantitative estimate of drug-likeness (QED) is 0.838.